The van der Waals surface area contributed by atoms with Crippen molar-refractivity contribution in [1.29, 1.82) is 0 Å². The lowest BCUT2D eigenvalue weighted by atomic mass is 10.1. The first-order valence-corrected chi connectivity index (χ1v) is 7.39. The summed E-state index contributed by atoms with van der Waals surface area (Å²) in [6.07, 6.45) is 7.09. The van der Waals surface area contributed by atoms with Crippen molar-refractivity contribution in [3.05, 3.63) is 28.5 Å². The molecule has 100 valence electrons. The van der Waals surface area contributed by atoms with Crippen molar-refractivity contribution in [2.45, 2.75) is 52.0 Å². The maximum absolute atomic E-state index is 12.1. The molecule has 0 radical (unpaired) electrons. The average Bonchev–Trinajstić information content (AvgIpc) is 2.36. The lowest BCUT2D eigenvalue weighted by Crippen LogP contribution is -2.35. The van der Waals surface area contributed by atoms with Crippen LogP contribution in [0.1, 0.15) is 56.4 Å². The molecule has 18 heavy (non-hydrogen) atoms. The van der Waals surface area contributed by atoms with Crippen LogP contribution in [0.4, 0.5) is 0 Å². The normalized spacial score (nSPS) is 12.2. The Balaban J connectivity index is 2.63. The third-order valence-electron chi connectivity index (χ3n) is 2.85. The zero-order valence-corrected chi connectivity index (χ0v) is 12.7. The van der Waals surface area contributed by atoms with Gasteiger partial charge in [-0.25, -0.2) is 4.98 Å². The number of rotatable bonds is 7. The predicted molar refractivity (Wildman–Crippen MR) is 77.6 cm³/mol. The number of nitrogens with one attached hydrogen (secondary N) is 1. The molecule has 1 atom stereocenters. The van der Waals surface area contributed by atoms with Crippen molar-refractivity contribution in [2.75, 3.05) is 0 Å². The Morgan fingerprint density at radius 2 is 2.17 bits per heavy atom. The molecule has 1 aromatic rings. The van der Waals surface area contributed by atoms with Crippen molar-refractivity contribution in [1.82, 2.24) is 10.3 Å². The summed E-state index contributed by atoms with van der Waals surface area (Å²) in [7, 11) is 0. The molecule has 0 aliphatic rings. The highest BCUT2D eigenvalue weighted by Gasteiger charge is 2.15. The number of pyridine rings is 1. The quantitative estimate of drug-likeness (QED) is 0.828. The summed E-state index contributed by atoms with van der Waals surface area (Å²) in [5.41, 5.74) is 0.468. The summed E-state index contributed by atoms with van der Waals surface area (Å²) in [5, 5.41) is 3.08. The zero-order chi connectivity index (χ0) is 13.4. The van der Waals surface area contributed by atoms with Gasteiger partial charge in [0.1, 0.15) is 5.69 Å². The van der Waals surface area contributed by atoms with Gasteiger partial charge in [-0.1, -0.05) is 33.1 Å². The SMILES string of the molecule is CCCCC(CCC)NC(=O)c1ncccc1Br. The standard InChI is InChI=1S/C14H21BrN2O/c1-3-5-8-11(7-4-2)17-14(18)13-12(15)9-6-10-16-13/h6,9-11H,3-5,7-8H2,1-2H3,(H,17,18). The number of nitrogens with zero attached hydrogens (tertiary/aromatic N) is 1. The van der Waals surface area contributed by atoms with Crippen LogP contribution in [-0.2, 0) is 0 Å². The minimum Gasteiger partial charge on any atom is -0.348 e. The van der Waals surface area contributed by atoms with E-state index in [1.807, 2.05) is 12.1 Å². The maximum atomic E-state index is 12.1. The van der Waals surface area contributed by atoms with Gasteiger partial charge in [-0.3, -0.25) is 4.79 Å². The zero-order valence-electron chi connectivity index (χ0n) is 11.1. The third-order valence-corrected chi connectivity index (χ3v) is 3.49. The molecule has 0 aliphatic carbocycles. The lowest BCUT2D eigenvalue weighted by Gasteiger charge is -2.17. The molecular weight excluding hydrogens is 292 g/mol. The molecule has 0 aliphatic heterocycles. The van der Waals surface area contributed by atoms with Crippen molar-refractivity contribution < 1.29 is 4.79 Å². The summed E-state index contributed by atoms with van der Waals surface area (Å²) in [4.78, 5) is 16.2. The molecule has 1 N–H and O–H groups in total. The van der Waals surface area contributed by atoms with Gasteiger partial charge in [0.15, 0.2) is 0 Å². The van der Waals surface area contributed by atoms with Gasteiger partial charge in [-0.15, -0.1) is 0 Å². The van der Waals surface area contributed by atoms with Gasteiger partial charge in [-0.05, 0) is 40.9 Å². The Hall–Kier alpha value is -0.900. The van der Waals surface area contributed by atoms with Crippen molar-refractivity contribution in [2.24, 2.45) is 0 Å². The second kappa shape index (κ2) is 8.25. The Labute approximate surface area is 118 Å². The Kier molecular flexibility index (Phi) is 6.94. The van der Waals surface area contributed by atoms with Crippen LogP contribution in [0.2, 0.25) is 0 Å². The lowest BCUT2D eigenvalue weighted by molar-refractivity contribution is 0.0926. The molecule has 0 fully saturated rings. The van der Waals surface area contributed by atoms with E-state index in [0.717, 1.165) is 36.6 Å². The van der Waals surface area contributed by atoms with E-state index in [2.05, 4.69) is 40.1 Å². The molecule has 3 nitrogen and oxygen atoms in total. The van der Waals surface area contributed by atoms with E-state index in [0.29, 0.717) is 5.69 Å². The molecule has 0 aromatic carbocycles. The molecule has 0 spiro atoms. The van der Waals surface area contributed by atoms with Crippen LogP contribution >= 0.6 is 15.9 Å². The Bertz CT molecular complexity index is 382. The number of carbonyl (C=O) groups is 1. The van der Waals surface area contributed by atoms with Crippen molar-refractivity contribution >= 4 is 21.8 Å². The predicted octanol–water partition coefficient (Wildman–Crippen LogP) is 3.93. The van der Waals surface area contributed by atoms with Crippen LogP contribution in [0.25, 0.3) is 0 Å². The van der Waals surface area contributed by atoms with Crippen molar-refractivity contribution in [3.63, 3.8) is 0 Å². The molecule has 1 amide bonds. The van der Waals surface area contributed by atoms with Crippen LogP contribution in [0.3, 0.4) is 0 Å². The van der Waals surface area contributed by atoms with E-state index >= 15 is 0 Å². The number of unbranched alkanes of at least 4 members (excludes halogenated alkanes) is 1. The molecular formula is C14H21BrN2O. The van der Waals surface area contributed by atoms with Crippen LogP contribution in [0.5, 0.6) is 0 Å². The van der Waals surface area contributed by atoms with Crippen LogP contribution in [-0.4, -0.2) is 16.9 Å². The second-order valence-corrected chi connectivity index (χ2v) is 5.29. The van der Waals surface area contributed by atoms with E-state index in [9.17, 15) is 4.79 Å². The first kappa shape index (κ1) is 15.2. The van der Waals surface area contributed by atoms with E-state index in [1.54, 1.807) is 6.20 Å². The topological polar surface area (TPSA) is 42.0 Å². The fourth-order valence-electron chi connectivity index (χ4n) is 1.89. The molecule has 0 bridgehead atoms. The van der Waals surface area contributed by atoms with Gasteiger partial charge < -0.3 is 5.32 Å². The molecule has 1 unspecified atom stereocenters. The first-order valence-electron chi connectivity index (χ1n) is 6.60. The second-order valence-electron chi connectivity index (χ2n) is 4.44. The average molecular weight is 313 g/mol. The molecule has 1 rings (SSSR count). The van der Waals surface area contributed by atoms with Gasteiger partial charge in [0.25, 0.3) is 5.91 Å². The monoisotopic (exact) mass is 312 g/mol. The summed E-state index contributed by atoms with van der Waals surface area (Å²) in [5.74, 6) is -0.0861. The molecule has 0 saturated carbocycles. The van der Waals surface area contributed by atoms with Crippen molar-refractivity contribution in [3.8, 4) is 0 Å². The summed E-state index contributed by atoms with van der Waals surface area (Å²) < 4.78 is 0.744. The summed E-state index contributed by atoms with van der Waals surface area (Å²) in [6.45, 7) is 4.31. The third kappa shape index (κ3) is 4.77. The highest BCUT2D eigenvalue weighted by Crippen LogP contribution is 2.14. The van der Waals surface area contributed by atoms with Gasteiger partial charge in [0.2, 0.25) is 0 Å². The first-order chi connectivity index (χ1) is 8.69. The van der Waals surface area contributed by atoms with Crippen LogP contribution in [0, 0.1) is 0 Å². The molecule has 1 heterocycles. The fraction of sp³-hybridized carbons (Fsp3) is 0.571. The smallest absolute Gasteiger partial charge is 0.271 e. The minimum absolute atomic E-state index is 0.0861. The van der Waals surface area contributed by atoms with Gasteiger partial charge in [0, 0.05) is 16.7 Å². The number of aromatic nitrogens is 1. The number of hydrogen-bond donors (Lipinski definition) is 1. The Morgan fingerprint density at radius 1 is 1.39 bits per heavy atom. The highest BCUT2D eigenvalue weighted by atomic mass is 79.9. The highest BCUT2D eigenvalue weighted by molar-refractivity contribution is 9.10. The fourth-order valence-corrected chi connectivity index (χ4v) is 2.33. The maximum Gasteiger partial charge on any atom is 0.271 e. The van der Waals surface area contributed by atoms with E-state index < -0.39 is 0 Å². The molecule has 0 saturated heterocycles. The van der Waals surface area contributed by atoms with E-state index in [4.69, 9.17) is 0 Å². The number of carbonyl (C=O) groups excluding carboxylic acids is 1. The summed E-state index contributed by atoms with van der Waals surface area (Å²) >= 11 is 3.36. The number of hydrogen-bond acceptors (Lipinski definition) is 2. The van der Waals surface area contributed by atoms with Crippen LogP contribution in [0.15, 0.2) is 22.8 Å². The van der Waals surface area contributed by atoms with Crippen LogP contribution < -0.4 is 5.32 Å². The van der Waals surface area contributed by atoms with E-state index in [1.165, 1.54) is 0 Å². The number of halogens is 1. The number of amides is 1. The molecule has 1 aromatic heterocycles. The minimum atomic E-state index is -0.0861. The van der Waals surface area contributed by atoms with Gasteiger partial charge >= 0.3 is 0 Å². The Morgan fingerprint density at radius 3 is 2.78 bits per heavy atom. The van der Waals surface area contributed by atoms with Gasteiger partial charge in [0.05, 0.1) is 0 Å². The molecule has 4 heteroatoms. The summed E-state index contributed by atoms with van der Waals surface area (Å²) in [6, 6.07) is 3.90. The van der Waals surface area contributed by atoms with E-state index in [-0.39, 0.29) is 11.9 Å². The largest absolute Gasteiger partial charge is 0.348 e. The van der Waals surface area contributed by atoms with Gasteiger partial charge in [-0.2, -0.15) is 0 Å².